The Kier molecular flexibility index (Phi) is 9.29. The zero-order chi connectivity index (χ0) is 19.8. The second-order valence-electron chi connectivity index (χ2n) is 7.29. The molecule has 6 heteroatoms. The lowest BCUT2D eigenvalue weighted by Gasteiger charge is -2.35. The van der Waals surface area contributed by atoms with Crippen LogP contribution >= 0.6 is 12.4 Å². The highest BCUT2D eigenvalue weighted by Crippen LogP contribution is 2.25. The molecular weight excluding hydrogens is 388 g/mol. The first-order valence-electron chi connectivity index (χ1n) is 10.00. The van der Waals surface area contributed by atoms with Gasteiger partial charge in [0, 0.05) is 6.54 Å². The molecule has 1 atom stereocenters. The first-order valence-corrected chi connectivity index (χ1v) is 10.00. The highest BCUT2D eigenvalue weighted by atomic mass is 35.5. The van der Waals surface area contributed by atoms with Gasteiger partial charge in [0.2, 0.25) is 0 Å². The van der Waals surface area contributed by atoms with Gasteiger partial charge in [0.1, 0.15) is 11.5 Å². The quantitative estimate of drug-likeness (QED) is 0.699. The molecule has 3 rings (SSSR count). The zero-order valence-corrected chi connectivity index (χ0v) is 18.0. The maximum Gasteiger partial charge on any atom is 0.258 e. The van der Waals surface area contributed by atoms with Crippen molar-refractivity contribution in [1.29, 1.82) is 0 Å². The molecule has 1 aliphatic rings. The van der Waals surface area contributed by atoms with E-state index in [2.05, 4.69) is 22.3 Å². The smallest absolute Gasteiger partial charge is 0.258 e. The van der Waals surface area contributed by atoms with Gasteiger partial charge in [-0.15, -0.1) is 12.4 Å². The molecule has 0 bridgehead atoms. The fourth-order valence-electron chi connectivity index (χ4n) is 3.63. The maximum absolute atomic E-state index is 12.3. The van der Waals surface area contributed by atoms with E-state index in [1.54, 1.807) is 7.11 Å². The summed E-state index contributed by atoms with van der Waals surface area (Å²) in [4.78, 5) is 14.8. The summed E-state index contributed by atoms with van der Waals surface area (Å²) in [5, 5.41) is 3.06. The van der Waals surface area contributed by atoms with Crippen molar-refractivity contribution in [2.24, 2.45) is 0 Å². The molecule has 1 amide bonds. The number of halogens is 1. The third-order valence-corrected chi connectivity index (χ3v) is 5.18. The van der Waals surface area contributed by atoms with Crippen LogP contribution < -0.4 is 14.8 Å². The van der Waals surface area contributed by atoms with Gasteiger partial charge >= 0.3 is 0 Å². The maximum atomic E-state index is 12.3. The molecule has 1 saturated heterocycles. The van der Waals surface area contributed by atoms with Crippen LogP contribution in [0.5, 0.6) is 11.5 Å². The summed E-state index contributed by atoms with van der Waals surface area (Å²) in [6.07, 6.45) is 3.69. The van der Waals surface area contributed by atoms with Crippen molar-refractivity contribution in [1.82, 2.24) is 10.2 Å². The van der Waals surface area contributed by atoms with Crippen LogP contribution in [0.2, 0.25) is 0 Å². The first kappa shape index (κ1) is 23.0. The van der Waals surface area contributed by atoms with Gasteiger partial charge in [-0.2, -0.15) is 0 Å². The molecule has 0 aliphatic carbocycles. The van der Waals surface area contributed by atoms with E-state index in [1.807, 2.05) is 43.3 Å². The van der Waals surface area contributed by atoms with Crippen LogP contribution in [0.25, 0.3) is 0 Å². The predicted octanol–water partition coefficient (Wildman–Crippen LogP) is 4.15. The molecular formula is C23H31ClN2O3. The largest absolute Gasteiger partial charge is 0.497 e. The Morgan fingerprint density at radius 3 is 2.45 bits per heavy atom. The normalized spacial score (nSPS) is 15.1. The number of ether oxygens (including phenoxy) is 2. The highest BCUT2D eigenvalue weighted by Gasteiger charge is 2.23. The van der Waals surface area contributed by atoms with Gasteiger partial charge in [-0.3, -0.25) is 9.69 Å². The van der Waals surface area contributed by atoms with Gasteiger partial charge < -0.3 is 14.8 Å². The van der Waals surface area contributed by atoms with Crippen LogP contribution in [0.3, 0.4) is 0 Å². The molecule has 0 saturated carbocycles. The summed E-state index contributed by atoms with van der Waals surface area (Å²) in [6, 6.07) is 16.0. The number of hydrogen-bond acceptors (Lipinski definition) is 4. The lowest BCUT2D eigenvalue weighted by Crippen LogP contribution is -2.41. The number of methoxy groups -OCH3 is 1. The molecule has 0 aromatic heterocycles. The van der Waals surface area contributed by atoms with Crippen LogP contribution in [-0.4, -0.2) is 44.2 Å². The SMILES string of the molecule is COc1ccc(C(CNC(=O)COc2cccc(C)c2)N2CCCCC2)cc1.Cl. The Morgan fingerprint density at radius 1 is 1.07 bits per heavy atom. The first-order chi connectivity index (χ1) is 13.7. The molecule has 0 spiro atoms. The van der Waals surface area contributed by atoms with Crippen molar-refractivity contribution in [3.8, 4) is 11.5 Å². The van der Waals surface area contributed by atoms with Crippen molar-refractivity contribution < 1.29 is 14.3 Å². The summed E-state index contributed by atoms with van der Waals surface area (Å²) < 4.78 is 10.9. The van der Waals surface area contributed by atoms with Crippen LogP contribution in [0.1, 0.15) is 36.4 Å². The number of piperidine rings is 1. The number of benzene rings is 2. The van der Waals surface area contributed by atoms with E-state index in [9.17, 15) is 4.79 Å². The molecule has 2 aromatic rings. The minimum atomic E-state index is -0.1000. The van der Waals surface area contributed by atoms with E-state index in [0.29, 0.717) is 6.54 Å². The van der Waals surface area contributed by atoms with E-state index in [4.69, 9.17) is 9.47 Å². The molecule has 5 nitrogen and oxygen atoms in total. The van der Waals surface area contributed by atoms with Crippen LogP contribution in [0.15, 0.2) is 48.5 Å². The van der Waals surface area contributed by atoms with Gasteiger partial charge in [-0.25, -0.2) is 0 Å². The number of nitrogens with zero attached hydrogens (tertiary/aromatic N) is 1. The molecule has 1 heterocycles. The molecule has 158 valence electrons. The number of rotatable bonds is 8. The number of aryl methyl sites for hydroxylation is 1. The summed E-state index contributed by atoms with van der Waals surface area (Å²) in [6.45, 7) is 4.73. The molecule has 1 unspecified atom stereocenters. The van der Waals surface area contributed by atoms with Gasteiger partial charge in [0.05, 0.1) is 13.2 Å². The highest BCUT2D eigenvalue weighted by molar-refractivity contribution is 5.85. The van der Waals surface area contributed by atoms with E-state index in [-0.39, 0.29) is 31.0 Å². The Morgan fingerprint density at radius 2 is 1.79 bits per heavy atom. The number of nitrogens with one attached hydrogen (secondary N) is 1. The van der Waals surface area contributed by atoms with Gasteiger partial charge in [0.15, 0.2) is 6.61 Å². The van der Waals surface area contributed by atoms with Crippen molar-refractivity contribution in [2.75, 3.05) is 33.4 Å². The Labute approximate surface area is 179 Å². The third kappa shape index (κ3) is 6.94. The monoisotopic (exact) mass is 418 g/mol. The molecule has 1 fully saturated rings. The fraction of sp³-hybridized carbons (Fsp3) is 0.435. The Bertz CT molecular complexity index is 761. The topological polar surface area (TPSA) is 50.8 Å². The summed E-state index contributed by atoms with van der Waals surface area (Å²) >= 11 is 0. The molecule has 2 aromatic carbocycles. The van der Waals surface area contributed by atoms with Crippen molar-refractivity contribution in [3.63, 3.8) is 0 Å². The minimum Gasteiger partial charge on any atom is -0.497 e. The fourth-order valence-corrected chi connectivity index (χ4v) is 3.63. The zero-order valence-electron chi connectivity index (χ0n) is 17.2. The average molecular weight is 419 g/mol. The van der Waals surface area contributed by atoms with Gasteiger partial charge in [0.25, 0.3) is 5.91 Å². The van der Waals surface area contributed by atoms with Crippen LogP contribution in [0.4, 0.5) is 0 Å². The number of hydrogen-bond donors (Lipinski definition) is 1. The minimum absolute atomic E-state index is 0. The summed E-state index contributed by atoms with van der Waals surface area (Å²) in [5.41, 5.74) is 2.31. The average Bonchev–Trinajstić information content (AvgIpc) is 2.74. The number of likely N-dealkylation sites (tertiary alicyclic amines) is 1. The van der Waals surface area contributed by atoms with Crippen molar-refractivity contribution in [3.05, 3.63) is 59.7 Å². The second kappa shape index (κ2) is 11.7. The van der Waals surface area contributed by atoms with Crippen LogP contribution in [0, 0.1) is 6.92 Å². The molecule has 0 radical (unpaired) electrons. The number of amides is 1. The molecule has 29 heavy (non-hydrogen) atoms. The van der Waals surface area contributed by atoms with E-state index in [1.165, 1.54) is 24.8 Å². The van der Waals surface area contributed by atoms with Crippen molar-refractivity contribution >= 4 is 18.3 Å². The second-order valence-corrected chi connectivity index (χ2v) is 7.29. The Balaban J connectivity index is 0.00000300. The van der Waals surface area contributed by atoms with Crippen molar-refractivity contribution in [2.45, 2.75) is 32.2 Å². The lowest BCUT2D eigenvalue weighted by molar-refractivity contribution is -0.123. The van der Waals surface area contributed by atoms with E-state index in [0.717, 1.165) is 30.2 Å². The lowest BCUT2D eigenvalue weighted by atomic mass is 10.0. The van der Waals surface area contributed by atoms with Gasteiger partial charge in [-0.05, 0) is 68.2 Å². The predicted molar refractivity (Wildman–Crippen MR) is 118 cm³/mol. The van der Waals surface area contributed by atoms with Gasteiger partial charge in [-0.1, -0.05) is 30.7 Å². The molecule has 1 aliphatic heterocycles. The van der Waals surface area contributed by atoms with E-state index >= 15 is 0 Å². The number of carbonyl (C=O) groups excluding carboxylic acids is 1. The Hall–Kier alpha value is -2.24. The summed E-state index contributed by atoms with van der Waals surface area (Å²) in [5.74, 6) is 1.46. The molecule has 1 N–H and O–H groups in total. The van der Waals surface area contributed by atoms with Crippen LogP contribution in [-0.2, 0) is 4.79 Å². The third-order valence-electron chi connectivity index (χ3n) is 5.18. The number of carbonyl (C=O) groups is 1. The standard InChI is InChI=1S/C23H30N2O3.ClH/c1-18-7-6-8-21(15-18)28-17-23(26)24-16-22(25-13-4-3-5-14-25)19-9-11-20(27-2)12-10-19;/h6-12,15,22H,3-5,13-14,16-17H2,1-2H3,(H,24,26);1H. The van der Waals surface area contributed by atoms with E-state index < -0.39 is 0 Å². The summed E-state index contributed by atoms with van der Waals surface area (Å²) in [7, 11) is 1.67.